The molecule has 0 aliphatic carbocycles. The quantitative estimate of drug-likeness (QED) is 0.399. The molecular formula is C19H33F2N7O. The van der Waals surface area contributed by atoms with Crippen LogP contribution in [0.5, 0.6) is 0 Å². The number of hydrogen-bond donors (Lipinski definition) is 5. The summed E-state index contributed by atoms with van der Waals surface area (Å²) in [6, 6.07) is -0.128. The van der Waals surface area contributed by atoms with Gasteiger partial charge in [-0.15, -0.1) is 0 Å². The molecule has 0 saturated carbocycles. The molecule has 1 amide bonds. The van der Waals surface area contributed by atoms with Gasteiger partial charge in [0.1, 0.15) is 17.9 Å². The first-order valence-corrected chi connectivity index (χ1v) is 10.8. The Morgan fingerprint density at radius 2 is 2.17 bits per heavy atom. The highest BCUT2D eigenvalue weighted by Gasteiger charge is 2.47. The summed E-state index contributed by atoms with van der Waals surface area (Å²) >= 11 is 0. The van der Waals surface area contributed by atoms with Crippen LogP contribution in [-0.2, 0) is 4.79 Å². The van der Waals surface area contributed by atoms with E-state index in [9.17, 15) is 13.6 Å². The molecular weight excluding hydrogens is 380 g/mol. The van der Waals surface area contributed by atoms with Crippen LogP contribution < -0.4 is 27.1 Å². The first-order chi connectivity index (χ1) is 14.0. The predicted octanol–water partition coefficient (Wildman–Crippen LogP) is -0.430. The van der Waals surface area contributed by atoms with Crippen LogP contribution in [-0.4, -0.2) is 73.2 Å². The number of fused-ring (bicyclic) bond motifs is 1. The predicted molar refractivity (Wildman–Crippen MR) is 105 cm³/mol. The molecule has 0 radical (unpaired) electrons. The van der Waals surface area contributed by atoms with E-state index >= 15 is 0 Å². The zero-order chi connectivity index (χ0) is 20.5. The molecule has 7 atom stereocenters. The Morgan fingerprint density at radius 3 is 2.93 bits per heavy atom. The van der Waals surface area contributed by atoms with Gasteiger partial charge in [0.15, 0.2) is 6.30 Å². The van der Waals surface area contributed by atoms with Crippen molar-refractivity contribution in [3.8, 4) is 0 Å². The van der Waals surface area contributed by atoms with E-state index in [0.717, 1.165) is 32.4 Å². The Morgan fingerprint density at radius 1 is 1.34 bits per heavy atom. The lowest BCUT2D eigenvalue weighted by Gasteiger charge is -2.44. The molecule has 4 aliphatic heterocycles. The number of nitrogens with two attached hydrogens (primary N) is 1. The summed E-state index contributed by atoms with van der Waals surface area (Å²) in [5.41, 5.74) is 9.10. The summed E-state index contributed by atoms with van der Waals surface area (Å²) < 4.78 is 28.2. The van der Waals surface area contributed by atoms with Gasteiger partial charge in [-0.25, -0.2) is 14.2 Å². The molecule has 4 rings (SSSR count). The van der Waals surface area contributed by atoms with Crippen LogP contribution in [0.4, 0.5) is 8.78 Å². The van der Waals surface area contributed by atoms with Crippen molar-refractivity contribution in [2.75, 3.05) is 32.7 Å². The standard InChI is InChI=1S/C19H33F2N7O/c1-2-27-7-5-12(13-4-3-6-23-16(13)21)14(10-27)25-19(29)15-17(22)26-28-9-11(20)8-24-18(15)28/h9,12-18,23-24,26H,2-8,10,22H2,1H3,(H,25,29). The average Bonchev–Trinajstić information content (AvgIpc) is 3.03. The Balaban J connectivity index is 1.48. The molecule has 0 aromatic heterocycles. The van der Waals surface area contributed by atoms with Gasteiger partial charge in [0.25, 0.3) is 0 Å². The second-order valence-corrected chi connectivity index (χ2v) is 8.61. The lowest BCUT2D eigenvalue weighted by Crippen LogP contribution is -2.60. The molecule has 4 heterocycles. The number of likely N-dealkylation sites (tertiary alicyclic amines) is 1. The molecule has 0 aromatic rings. The number of carbonyl (C=O) groups excluding carboxylic acids is 1. The molecule has 4 aliphatic rings. The third kappa shape index (κ3) is 4.27. The van der Waals surface area contributed by atoms with Crippen molar-refractivity contribution in [2.24, 2.45) is 23.5 Å². The Labute approximate surface area is 170 Å². The van der Waals surface area contributed by atoms with Crippen molar-refractivity contribution in [3.05, 3.63) is 12.0 Å². The summed E-state index contributed by atoms with van der Waals surface area (Å²) in [7, 11) is 0. The fourth-order valence-corrected chi connectivity index (χ4v) is 5.33. The number of likely N-dealkylation sites (N-methyl/N-ethyl adjacent to an activating group) is 1. The monoisotopic (exact) mass is 413 g/mol. The fourth-order valence-electron chi connectivity index (χ4n) is 5.33. The summed E-state index contributed by atoms with van der Waals surface area (Å²) in [6.45, 7) is 5.41. The molecule has 8 nitrogen and oxygen atoms in total. The topological polar surface area (TPSA) is 97.7 Å². The first-order valence-electron chi connectivity index (χ1n) is 10.8. The van der Waals surface area contributed by atoms with Gasteiger partial charge < -0.3 is 16.0 Å². The number of piperidine rings is 2. The fraction of sp³-hybridized carbons (Fsp3) is 0.842. The SMILES string of the molecule is CCN1CCC(C2CCCNC2F)C(NC(=O)C2C(N)NN3C=C(F)CNC23)C1. The number of carbonyl (C=O) groups is 1. The number of halogens is 2. The maximum atomic E-state index is 14.6. The maximum Gasteiger partial charge on any atom is 0.229 e. The van der Waals surface area contributed by atoms with Crippen LogP contribution in [0.2, 0.25) is 0 Å². The number of hydrazine groups is 1. The van der Waals surface area contributed by atoms with Crippen LogP contribution in [0.1, 0.15) is 26.2 Å². The highest BCUT2D eigenvalue weighted by Crippen LogP contribution is 2.34. The van der Waals surface area contributed by atoms with Gasteiger partial charge in [0, 0.05) is 18.5 Å². The van der Waals surface area contributed by atoms with Crippen molar-refractivity contribution in [3.63, 3.8) is 0 Å². The number of nitrogens with one attached hydrogen (secondary N) is 4. The summed E-state index contributed by atoms with van der Waals surface area (Å²) in [5.74, 6) is -1.06. The van der Waals surface area contributed by atoms with Gasteiger partial charge in [-0.1, -0.05) is 6.92 Å². The van der Waals surface area contributed by atoms with Crippen molar-refractivity contribution in [1.29, 1.82) is 0 Å². The highest BCUT2D eigenvalue weighted by molar-refractivity contribution is 5.81. The molecule has 3 fully saturated rings. The van der Waals surface area contributed by atoms with Crippen LogP contribution >= 0.6 is 0 Å². The molecule has 3 saturated heterocycles. The average molecular weight is 414 g/mol. The van der Waals surface area contributed by atoms with Crippen molar-refractivity contribution in [1.82, 2.24) is 31.3 Å². The largest absolute Gasteiger partial charge is 0.351 e. The van der Waals surface area contributed by atoms with Gasteiger partial charge in [-0.2, -0.15) is 0 Å². The lowest BCUT2D eigenvalue weighted by molar-refractivity contribution is -0.128. The zero-order valence-corrected chi connectivity index (χ0v) is 16.9. The van der Waals surface area contributed by atoms with Crippen LogP contribution in [0.3, 0.4) is 0 Å². The third-order valence-corrected chi connectivity index (χ3v) is 6.89. The molecule has 0 bridgehead atoms. The van der Waals surface area contributed by atoms with E-state index in [1.165, 1.54) is 11.2 Å². The minimum Gasteiger partial charge on any atom is -0.351 e. The Hall–Kier alpha value is -1.33. The van der Waals surface area contributed by atoms with E-state index in [0.29, 0.717) is 13.1 Å². The molecule has 0 aromatic carbocycles. The van der Waals surface area contributed by atoms with Crippen LogP contribution in [0.15, 0.2) is 12.0 Å². The first kappa shape index (κ1) is 20.9. The summed E-state index contributed by atoms with van der Waals surface area (Å²) in [6.07, 6.45) is 1.95. The van der Waals surface area contributed by atoms with Crippen LogP contribution in [0.25, 0.3) is 0 Å². The zero-order valence-electron chi connectivity index (χ0n) is 16.9. The van der Waals surface area contributed by atoms with Gasteiger partial charge >= 0.3 is 0 Å². The smallest absolute Gasteiger partial charge is 0.229 e. The Kier molecular flexibility index (Phi) is 6.35. The number of hydrogen-bond acceptors (Lipinski definition) is 7. The van der Waals surface area contributed by atoms with Crippen molar-refractivity contribution >= 4 is 5.91 Å². The second-order valence-electron chi connectivity index (χ2n) is 8.61. The normalized spacial score (nSPS) is 41.0. The van der Waals surface area contributed by atoms with E-state index in [-0.39, 0.29) is 36.2 Å². The van der Waals surface area contributed by atoms with E-state index < -0.39 is 24.5 Å². The molecule has 6 N–H and O–H groups in total. The van der Waals surface area contributed by atoms with Gasteiger partial charge in [0.2, 0.25) is 5.91 Å². The summed E-state index contributed by atoms with van der Waals surface area (Å²) in [4.78, 5) is 15.5. The van der Waals surface area contributed by atoms with Gasteiger partial charge in [0.05, 0.1) is 18.9 Å². The van der Waals surface area contributed by atoms with Gasteiger partial charge in [-0.05, 0) is 44.8 Å². The lowest BCUT2D eigenvalue weighted by atomic mass is 9.76. The highest BCUT2D eigenvalue weighted by atomic mass is 19.1. The number of nitrogens with zero attached hydrogens (tertiary/aromatic N) is 2. The number of amides is 1. The molecule has 0 spiro atoms. The van der Waals surface area contributed by atoms with E-state index in [4.69, 9.17) is 5.73 Å². The Bertz CT molecular complexity index is 636. The third-order valence-electron chi connectivity index (χ3n) is 6.89. The van der Waals surface area contributed by atoms with Crippen LogP contribution in [0, 0.1) is 17.8 Å². The molecule has 7 unspecified atom stereocenters. The van der Waals surface area contributed by atoms with E-state index in [1.807, 2.05) is 0 Å². The van der Waals surface area contributed by atoms with E-state index in [1.54, 1.807) is 0 Å². The summed E-state index contributed by atoms with van der Waals surface area (Å²) in [5, 5.41) is 10.7. The number of rotatable bonds is 4. The van der Waals surface area contributed by atoms with Crippen molar-refractivity contribution in [2.45, 2.75) is 50.9 Å². The molecule has 164 valence electrons. The molecule has 10 heteroatoms. The van der Waals surface area contributed by atoms with Gasteiger partial charge in [-0.3, -0.25) is 20.4 Å². The minimum absolute atomic E-state index is 0.0757. The van der Waals surface area contributed by atoms with E-state index in [2.05, 4.69) is 33.2 Å². The second kappa shape index (κ2) is 8.81. The molecule has 29 heavy (non-hydrogen) atoms. The maximum absolute atomic E-state index is 14.6. The number of alkyl halides is 1. The van der Waals surface area contributed by atoms with Crippen molar-refractivity contribution < 1.29 is 13.6 Å². The minimum atomic E-state index is -1.03.